The van der Waals surface area contributed by atoms with Crippen molar-refractivity contribution < 1.29 is 4.79 Å². The molecule has 2 rings (SSSR count). The molecule has 1 aromatic carbocycles. The second kappa shape index (κ2) is 5.13. The highest BCUT2D eigenvalue weighted by atomic mass is 16.1. The van der Waals surface area contributed by atoms with Crippen LogP contribution in [0.5, 0.6) is 0 Å². The van der Waals surface area contributed by atoms with E-state index in [2.05, 4.69) is 31.3 Å². The van der Waals surface area contributed by atoms with Gasteiger partial charge in [-0.3, -0.25) is 4.79 Å². The Morgan fingerprint density at radius 1 is 1.50 bits per heavy atom. The minimum Gasteiger partial charge on any atom is -0.397 e. The van der Waals surface area contributed by atoms with E-state index in [0.29, 0.717) is 29.3 Å². The highest BCUT2D eigenvalue weighted by molar-refractivity contribution is 5.96. The van der Waals surface area contributed by atoms with Crippen LogP contribution in [-0.2, 0) is 6.54 Å². The zero-order valence-electron chi connectivity index (χ0n) is 9.77. The summed E-state index contributed by atoms with van der Waals surface area (Å²) in [7, 11) is 1.57. The Morgan fingerprint density at radius 2 is 2.33 bits per heavy atom. The summed E-state index contributed by atoms with van der Waals surface area (Å²) in [5.74, 6) is 0.345. The molecule has 8 heteroatoms. The molecule has 1 aromatic heterocycles. The highest BCUT2D eigenvalue weighted by Gasteiger charge is 2.07. The van der Waals surface area contributed by atoms with Crippen molar-refractivity contribution in [1.29, 1.82) is 0 Å². The van der Waals surface area contributed by atoms with Gasteiger partial charge in [-0.15, -0.1) is 10.2 Å². The van der Waals surface area contributed by atoms with Crippen molar-refractivity contribution in [2.75, 3.05) is 18.1 Å². The molecule has 0 aliphatic rings. The molecule has 1 amide bonds. The van der Waals surface area contributed by atoms with Crippen molar-refractivity contribution in [3.63, 3.8) is 0 Å². The number of carbonyl (C=O) groups is 1. The van der Waals surface area contributed by atoms with Crippen LogP contribution >= 0.6 is 0 Å². The van der Waals surface area contributed by atoms with Crippen LogP contribution in [0.1, 0.15) is 16.2 Å². The van der Waals surface area contributed by atoms with Crippen LogP contribution in [-0.4, -0.2) is 33.6 Å². The van der Waals surface area contributed by atoms with Crippen molar-refractivity contribution in [1.82, 2.24) is 25.9 Å². The van der Waals surface area contributed by atoms with Gasteiger partial charge in [0.1, 0.15) is 0 Å². The Labute approximate surface area is 103 Å². The number of nitrogens with two attached hydrogens (primary N) is 1. The predicted molar refractivity (Wildman–Crippen MR) is 65.7 cm³/mol. The molecule has 0 radical (unpaired) electrons. The van der Waals surface area contributed by atoms with Gasteiger partial charge in [0.05, 0.1) is 17.9 Å². The first-order valence-corrected chi connectivity index (χ1v) is 5.28. The SMILES string of the molecule is CNC(=O)c1ccc(N)c(NCc2nn[nH]n2)c1. The van der Waals surface area contributed by atoms with Crippen LogP contribution in [0, 0.1) is 0 Å². The topological polar surface area (TPSA) is 122 Å². The molecule has 0 bridgehead atoms. The third-order valence-electron chi connectivity index (χ3n) is 2.37. The van der Waals surface area contributed by atoms with Crippen LogP contribution in [0.2, 0.25) is 0 Å². The number of tetrazole rings is 1. The molecule has 18 heavy (non-hydrogen) atoms. The average molecular weight is 247 g/mol. The van der Waals surface area contributed by atoms with Crippen molar-refractivity contribution >= 4 is 17.3 Å². The first kappa shape index (κ1) is 11.8. The third kappa shape index (κ3) is 2.54. The molecule has 0 unspecified atom stereocenters. The molecule has 8 nitrogen and oxygen atoms in total. The van der Waals surface area contributed by atoms with Gasteiger partial charge in [0, 0.05) is 12.6 Å². The van der Waals surface area contributed by atoms with Gasteiger partial charge >= 0.3 is 0 Å². The van der Waals surface area contributed by atoms with E-state index in [1.54, 1.807) is 25.2 Å². The quantitative estimate of drug-likeness (QED) is 0.553. The molecule has 94 valence electrons. The molecule has 1 heterocycles. The predicted octanol–water partition coefficient (Wildman–Crippen LogP) is -0.246. The van der Waals surface area contributed by atoms with E-state index in [-0.39, 0.29) is 5.91 Å². The Morgan fingerprint density at radius 3 is 3.00 bits per heavy atom. The van der Waals surface area contributed by atoms with Crippen molar-refractivity contribution in [2.24, 2.45) is 0 Å². The van der Waals surface area contributed by atoms with Crippen LogP contribution in [0.4, 0.5) is 11.4 Å². The number of rotatable bonds is 4. The van der Waals surface area contributed by atoms with Crippen molar-refractivity contribution in [3.8, 4) is 0 Å². The molecule has 0 atom stereocenters. The Kier molecular flexibility index (Phi) is 3.37. The average Bonchev–Trinajstić information content (AvgIpc) is 2.90. The third-order valence-corrected chi connectivity index (χ3v) is 2.37. The smallest absolute Gasteiger partial charge is 0.251 e. The van der Waals surface area contributed by atoms with Gasteiger partial charge in [0.2, 0.25) is 0 Å². The summed E-state index contributed by atoms with van der Waals surface area (Å²) in [6.45, 7) is 0.373. The van der Waals surface area contributed by atoms with Crippen LogP contribution in [0.3, 0.4) is 0 Å². The maximum Gasteiger partial charge on any atom is 0.251 e. The number of nitrogen functional groups attached to an aromatic ring is 1. The highest BCUT2D eigenvalue weighted by Crippen LogP contribution is 2.20. The molecule has 0 aliphatic heterocycles. The van der Waals surface area contributed by atoms with Gasteiger partial charge in [-0.05, 0) is 18.2 Å². The molecule has 0 saturated heterocycles. The van der Waals surface area contributed by atoms with Gasteiger partial charge in [0.25, 0.3) is 5.91 Å². The number of H-pyrrole nitrogens is 1. The lowest BCUT2D eigenvalue weighted by Crippen LogP contribution is -2.18. The monoisotopic (exact) mass is 247 g/mol. The summed E-state index contributed by atoms with van der Waals surface area (Å²) in [5.41, 5.74) is 7.54. The number of hydrogen-bond donors (Lipinski definition) is 4. The number of aromatic nitrogens is 4. The Bertz CT molecular complexity index is 537. The second-order valence-electron chi connectivity index (χ2n) is 3.56. The van der Waals surface area contributed by atoms with Gasteiger partial charge in [-0.25, -0.2) is 0 Å². The number of benzene rings is 1. The number of amides is 1. The van der Waals surface area contributed by atoms with E-state index in [9.17, 15) is 4.79 Å². The first-order valence-electron chi connectivity index (χ1n) is 5.28. The van der Waals surface area contributed by atoms with E-state index in [0.717, 1.165) is 0 Å². The van der Waals surface area contributed by atoms with E-state index in [1.165, 1.54) is 0 Å². The fourth-order valence-corrected chi connectivity index (χ4v) is 1.43. The van der Waals surface area contributed by atoms with E-state index >= 15 is 0 Å². The largest absolute Gasteiger partial charge is 0.397 e. The standard InChI is InChI=1S/C10H13N7O/c1-12-10(18)6-2-3-7(11)8(4-6)13-5-9-14-16-17-15-9/h2-4,13H,5,11H2,1H3,(H,12,18)(H,14,15,16,17). The summed E-state index contributed by atoms with van der Waals surface area (Å²) in [6.07, 6.45) is 0. The minimum atomic E-state index is -0.169. The van der Waals surface area contributed by atoms with Crippen LogP contribution in [0.25, 0.3) is 0 Å². The fraction of sp³-hybridized carbons (Fsp3) is 0.200. The fourth-order valence-electron chi connectivity index (χ4n) is 1.43. The molecule has 0 saturated carbocycles. The minimum absolute atomic E-state index is 0.169. The maximum atomic E-state index is 11.5. The molecular formula is C10H13N7O. The molecule has 0 spiro atoms. The van der Waals surface area contributed by atoms with E-state index in [4.69, 9.17) is 5.73 Å². The van der Waals surface area contributed by atoms with Crippen molar-refractivity contribution in [2.45, 2.75) is 6.54 Å². The zero-order chi connectivity index (χ0) is 13.0. The van der Waals surface area contributed by atoms with Gasteiger partial charge in [-0.1, -0.05) is 5.21 Å². The van der Waals surface area contributed by atoms with Gasteiger partial charge < -0.3 is 16.4 Å². The molecule has 5 N–H and O–H groups in total. The summed E-state index contributed by atoms with van der Waals surface area (Å²) >= 11 is 0. The zero-order valence-corrected chi connectivity index (χ0v) is 9.77. The number of hydrogen-bond acceptors (Lipinski definition) is 6. The molecular weight excluding hydrogens is 234 g/mol. The van der Waals surface area contributed by atoms with Crippen LogP contribution in [0.15, 0.2) is 18.2 Å². The number of carbonyl (C=O) groups excluding carboxylic acids is 1. The normalized spacial score (nSPS) is 10.1. The summed E-state index contributed by atoms with van der Waals surface area (Å²) in [4.78, 5) is 11.5. The lowest BCUT2D eigenvalue weighted by atomic mass is 10.1. The number of aromatic amines is 1. The van der Waals surface area contributed by atoms with Crippen LogP contribution < -0.4 is 16.4 Å². The summed E-state index contributed by atoms with van der Waals surface area (Å²) in [5, 5.41) is 19.0. The summed E-state index contributed by atoms with van der Waals surface area (Å²) in [6, 6.07) is 5.01. The second-order valence-corrected chi connectivity index (χ2v) is 3.56. The number of nitrogens with one attached hydrogen (secondary N) is 3. The summed E-state index contributed by atoms with van der Waals surface area (Å²) < 4.78 is 0. The van der Waals surface area contributed by atoms with E-state index in [1.807, 2.05) is 0 Å². The lowest BCUT2D eigenvalue weighted by molar-refractivity contribution is 0.0963. The number of nitrogens with zero attached hydrogens (tertiary/aromatic N) is 3. The van der Waals surface area contributed by atoms with Crippen molar-refractivity contribution in [3.05, 3.63) is 29.6 Å². The van der Waals surface area contributed by atoms with Gasteiger partial charge in [0.15, 0.2) is 5.82 Å². The van der Waals surface area contributed by atoms with E-state index < -0.39 is 0 Å². The Balaban J connectivity index is 2.13. The molecule has 0 fully saturated rings. The maximum absolute atomic E-state index is 11.5. The van der Waals surface area contributed by atoms with Gasteiger partial charge in [-0.2, -0.15) is 5.21 Å². The molecule has 2 aromatic rings. The first-order chi connectivity index (χ1) is 8.70. The Hall–Kier alpha value is -2.64. The lowest BCUT2D eigenvalue weighted by Gasteiger charge is -2.09. The number of anilines is 2. The molecule has 0 aliphatic carbocycles.